The Morgan fingerprint density at radius 1 is 1.09 bits per heavy atom. The van der Waals surface area contributed by atoms with E-state index in [9.17, 15) is 4.79 Å². The molecule has 0 radical (unpaired) electrons. The van der Waals surface area contributed by atoms with Gasteiger partial charge >= 0.3 is 0 Å². The van der Waals surface area contributed by atoms with Gasteiger partial charge in [0.05, 0.1) is 0 Å². The molecule has 0 fully saturated rings. The Balaban J connectivity index is 0.00000192. The van der Waals surface area contributed by atoms with Crippen molar-refractivity contribution in [1.82, 2.24) is 10.6 Å². The number of fused-ring (bicyclic) bond motifs is 1. The summed E-state index contributed by atoms with van der Waals surface area (Å²) in [4.78, 5) is 12.4. The molecule has 0 spiro atoms. The minimum atomic E-state index is -0.0881. The summed E-state index contributed by atoms with van der Waals surface area (Å²) in [6.07, 6.45) is 0. The molecular formula is C19H23ClN2O. The molecule has 1 aliphatic heterocycles. The molecule has 0 saturated carbocycles. The van der Waals surface area contributed by atoms with Gasteiger partial charge in [-0.3, -0.25) is 4.79 Å². The predicted molar refractivity (Wildman–Crippen MR) is 96.0 cm³/mol. The van der Waals surface area contributed by atoms with Crippen LogP contribution in [-0.4, -0.2) is 12.5 Å². The van der Waals surface area contributed by atoms with Gasteiger partial charge < -0.3 is 10.6 Å². The van der Waals surface area contributed by atoms with Crippen LogP contribution in [0, 0.1) is 0 Å². The molecule has 3 rings (SSSR count). The first-order valence-corrected chi connectivity index (χ1v) is 7.72. The van der Waals surface area contributed by atoms with Crippen LogP contribution < -0.4 is 10.6 Å². The molecule has 1 heterocycles. The van der Waals surface area contributed by atoms with Crippen molar-refractivity contribution in [1.29, 1.82) is 0 Å². The lowest BCUT2D eigenvalue weighted by Gasteiger charge is -2.25. The summed E-state index contributed by atoms with van der Waals surface area (Å²) in [5.41, 5.74) is 4.41. The Morgan fingerprint density at radius 3 is 2.52 bits per heavy atom. The van der Waals surface area contributed by atoms with E-state index in [4.69, 9.17) is 0 Å². The number of hydrogen-bond acceptors (Lipinski definition) is 2. The van der Waals surface area contributed by atoms with Crippen molar-refractivity contribution in [2.24, 2.45) is 0 Å². The van der Waals surface area contributed by atoms with E-state index in [1.54, 1.807) is 0 Å². The maximum Gasteiger partial charge on any atom is 0.251 e. The van der Waals surface area contributed by atoms with E-state index in [0.717, 1.165) is 18.7 Å². The highest BCUT2D eigenvalue weighted by molar-refractivity contribution is 5.94. The van der Waals surface area contributed by atoms with Crippen molar-refractivity contribution in [3.8, 4) is 0 Å². The number of amides is 1. The van der Waals surface area contributed by atoms with Gasteiger partial charge in [0.25, 0.3) is 5.91 Å². The van der Waals surface area contributed by atoms with Crippen LogP contribution in [-0.2, 0) is 18.5 Å². The molecule has 0 aromatic heterocycles. The van der Waals surface area contributed by atoms with Gasteiger partial charge in [0, 0.05) is 30.6 Å². The molecule has 2 aromatic rings. The lowest BCUT2D eigenvalue weighted by atomic mass is 9.84. The van der Waals surface area contributed by atoms with Crippen LogP contribution in [0.5, 0.6) is 0 Å². The molecule has 0 atom stereocenters. The molecule has 0 bridgehead atoms. The van der Waals surface area contributed by atoms with E-state index in [1.807, 2.05) is 36.4 Å². The molecule has 1 amide bonds. The molecule has 4 heteroatoms. The molecule has 23 heavy (non-hydrogen) atoms. The largest absolute Gasteiger partial charge is 0.351 e. The third kappa shape index (κ3) is 3.92. The summed E-state index contributed by atoms with van der Waals surface area (Å²) in [5.74, 6) is -0.00120. The van der Waals surface area contributed by atoms with Crippen molar-refractivity contribution in [2.75, 3.05) is 6.54 Å². The van der Waals surface area contributed by atoms with Crippen LogP contribution >= 0.6 is 12.4 Å². The standard InChI is InChI=1S/C19H22N2O.ClH/c1-19(2,17-6-4-3-5-7-17)13-21-18(22)14-8-9-15-11-20-12-16(15)10-14;/h3-10,20H,11-13H2,1-2H3,(H,21,22);1H. The van der Waals surface area contributed by atoms with Gasteiger partial charge in [0.15, 0.2) is 0 Å². The maximum atomic E-state index is 12.4. The summed E-state index contributed by atoms with van der Waals surface area (Å²) in [5, 5.41) is 6.37. The molecule has 0 unspecified atom stereocenters. The average molecular weight is 331 g/mol. The number of hydrogen-bond donors (Lipinski definition) is 2. The second-order valence-electron chi connectivity index (χ2n) is 6.52. The minimum Gasteiger partial charge on any atom is -0.351 e. The summed E-state index contributed by atoms with van der Waals surface area (Å²) in [6, 6.07) is 16.2. The van der Waals surface area contributed by atoms with Crippen LogP contribution in [0.3, 0.4) is 0 Å². The van der Waals surface area contributed by atoms with E-state index in [1.165, 1.54) is 16.7 Å². The Hall–Kier alpha value is -1.84. The van der Waals surface area contributed by atoms with Gasteiger partial charge in [0.1, 0.15) is 0 Å². The van der Waals surface area contributed by atoms with Gasteiger partial charge in [-0.2, -0.15) is 0 Å². The zero-order valence-corrected chi connectivity index (χ0v) is 14.4. The summed E-state index contributed by atoms with van der Waals surface area (Å²) < 4.78 is 0. The van der Waals surface area contributed by atoms with Crippen LogP contribution in [0.25, 0.3) is 0 Å². The molecule has 3 nitrogen and oxygen atoms in total. The monoisotopic (exact) mass is 330 g/mol. The zero-order valence-electron chi connectivity index (χ0n) is 13.6. The Morgan fingerprint density at radius 2 is 1.78 bits per heavy atom. The van der Waals surface area contributed by atoms with Gasteiger partial charge in [-0.15, -0.1) is 12.4 Å². The van der Waals surface area contributed by atoms with Crippen LogP contribution in [0.2, 0.25) is 0 Å². The van der Waals surface area contributed by atoms with E-state index in [0.29, 0.717) is 6.54 Å². The molecule has 2 aromatic carbocycles. The number of carbonyl (C=O) groups excluding carboxylic acids is 1. The molecule has 2 N–H and O–H groups in total. The predicted octanol–water partition coefficient (Wildman–Crippen LogP) is 3.42. The third-order valence-electron chi connectivity index (χ3n) is 4.35. The second-order valence-corrected chi connectivity index (χ2v) is 6.52. The number of carbonyl (C=O) groups is 1. The normalized spacial score (nSPS) is 13.1. The molecule has 122 valence electrons. The van der Waals surface area contributed by atoms with Crippen molar-refractivity contribution < 1.29 is 4.79 Å². The summed E-state index contributed by atoms with van der Waals surface area (Å²) >= 11 is 0. The van der Waals surface area contributed by atoms with Gasteiger partial charge in [0.2, 0.25) is 0 Å². The smallest absolute Gasteiger partial charge is 0.251 e. The minimum absolute atomic E-state index is 0. The van der Waals surface area contributed by atoms with Crippen LogP contribution in [0.15, 0.2) is 48.5 Å². The first-order valence-electron chi connectivity index (χ1n) is 7.72. The van der Waals surface area contributed by atoms with Gasteiger partial charge in [-0.1, -0.05) is 50.2 Å². The van der Waals surface area contributed by atoms with E-state index in [-0.39, 0.29) is 23.7 Å². The fourth-order valence-electron chi connectivity index (χ4n) is 2.83. The second kappa shape index (κ2) is 7.16. The highest BCUT2D eigenvalue weighted by Gasteiger charge is 2.22. The van der Waals surface area contributed by atoms with E-state index < -0.39 is 0 Å². The average Bonchev–Trinajstić information content (AvgIpc) is 3.01. The van der Waals surface area contributed by atoms with Gasteiger partial charge in [-0.25, -0.2) is 0 Å². The number of nitrogens with one attached hydrogen (secondary N) is 2. The van der Waals surface area contributed by atoms with Crippen molar-refractivity contribution in [2.45, 2.75) is 32.4 Å². The number of benzene rings is 2. The van der Waals surface area contributed by atoms with Crippen molar-refractivity contribution in [3.63, 3.8) is 0 Å². The topological polar surface area (TPSA) is 41.1 Å². The Kier molecular flexibility index (Phi) is 5.45. The van der Waals surface area contributed by atoms with Crippen molar-refractivity contribution in [3.05, 3.63) is 70.8 Å². The number of halogens is 1. The highest BCUT2D eigenvalue weighted by Crippen LogP contribution is 2.22. The first-order chi connectivity index (χ1) is 10.6. The summed E-state index contributed by atoms with van der Waals surface area (Å²) in [6.45, 7) is 6.67. The van der Waals surface area contributed by atoms with E-state index in [2.05, 4.69) is 36.6 Å². The van der Waals surface area contributed by atoms with Crippen LogP contribution in [0.4, 0.5) is 0 Å². The Labute approximate surface area is 143 Å². The lowest BCUT2D eigenvalue weighted by molar-refractivity contribution is 0.0945. The molecule has 0 aliphatic carbocycles. The van der Waals surface area contributed by atoms with Crippen LogP contribution in [0.1, 0.15) is 40.9 Å². The van der Waals surface area contributed by atoms with Gasteiger partial charge in [-0.05, 0) is 28.8 Å². The zero-order chi connectivity index (χ0) is 15.6. The first kappa shape index (κ1) is 17.5. The molecule has 1 aliphatic rings. The Bertz CT molecular complexity index is 683. The summed E-state index contributed by atoms with van der Waals surface area (Å²) in [7, 11) is 0. The number of rotatable bonds is 4. The molecular weight excluding hydrogens is 308 g/mol. The quantitative estimate of drug-likeness (QED) is 0.902. The SMILES string of the molecule is CC(C)(CNC(=O)c1ccc2c(c1)CNC2)c1ccccc1.Cl. The fraction of sp³-hybridized carbons (Fsp3) is 0.316. The highest BCUT2D eigenvalue weighted by atomic mass is 35.5. The van der Waals surface area contributed by atoms with Crippen molar-refractivity contribution >= 4 is 18.3 Å². The fourth-order valence-corrected chi connectivity index (χ4v) is 2.83. The maximum absolute atomic E-state index is 12.4. The lowest BCUT2D eigenvalue weighted by Crippen LogP contribution is -2.36. The molecule has 0 saturated heterocycles. The van der Waals surface area contributed by atoms with E-state index >= 15 is 0 Å². The third-order valence-corrected chi connectivity index (χ3v) is 4.35.